The number of hydrogen-bond acceptors (Lipinski definition) is 2. The van der Waals surface area contributed by atoms with Crippen LogP contribution in [0.4, 0.5) is 21.5 Å². The van der Waals surface area contributed by atoms with E-state index in [1.807, 2.05) is 23.5 Å². The van der Waals surface area contributed by atoms with Crippen molar-refractivity contribution >= 4 is 92.2 Å². The van der Waals surface area contributed by atoms with E-state index >= 15 is 0 Å². The number of aromatic nitrogens is 2. The molecule has 0 bridgehead atoms. The number of thiophene rings is 1. The molecule has 0 aliphatic carbocycles. The maximum absolute atomic E-state index is 14.1. The van der Waals surface area contributed by atoms with Gasteiger partial charge in [0.25, 0.3) is 0 Å². The van der Waals surface area contributed by atoms with Gasteiger partial charge in [-0.05, 0) is 97.1 Å². The third-order valence-corrected chi connectivity index (χ3v) is 11.7. The molecule has 3 heterocycles. The van der Waals surface area contributed by atoms with Crippen molar-refractivity contribution in [2.45, 2.75) is 0 Å². The topological polar surface area (TPSA) is 13.1 Å². The molecule has 3 nitrogen and oxygen atoms in total. The average Bonchev–Trinajstić information content (AvgIpc) is 3.86. The van der Waals surface area contributed by atoms with Crippen LogP contribution in [-0.4, -0.2) is 9.13 Å². The molecule has 0 spiro atoms. The zero-order chi connectivity index (χ0) is 35.0. The van der Waals surface area contributed by atoms with E-state index in [4.69, 9.17) is 0 Å². The molecule has 0 unspecified atom stereocenters. The van der Waals surface area contributed by atoms with Gasteiger partial charge in [0.05, 0.1) is 27.8 Å². The fraction of sp³-hybridized carbons (Fsp3) is 0. The summed E-state index contributed by atoms with van der Waals surface area (Å²) in [5.41, 5.74) is 9.79. The third-order valence-electron chi connectivity index (χ3n) is 10.6. The Labute approximate surface area is 308 Å². The lowest BCUT2D eigenvalue weighted by atomic mass is 10.1. The number of hydrogen-bond donors (Lipinski definition) is 0. The zero-order valence-corrected chi connectivity index (χ0v) is 29.3. The van der Waals surface area contributed by atoms with E-state index in [0.717, 1.165) is 55.8 Å². The van der Waals surface area contributed by atoms with E-state index in [-0.39, 0.29) is 5.82 Å². The number of anilines is 3. The summed E-state index contributed by atoms with van der Waals surface area (Å²) in [5.74, 6) is -0.245. The van der Waals surface area contributed by atoms with Crippen LogP contribution in [0.5, 0.6) is 0 Å². The predicted octanol–water partition coefficient (Wildman–Crippen LogP) is 13.9. The van der Waals surface area contributed by atoms with Crippen LogP contribution >= 0.6 is 11.3 Å². The number of nitrogens with zero attached hydrogens (tertiary/aromatic N) is 3. The SMILES string of the molecule is Fc1ccc(-n2c3ccccc3c3cc(N(c4ccc5c6ccccc6n(-c6ccccc6)c5c4)c4cccc5sc6ccccc6c45)ccc32)cc1. The van der Waals surface area contributed by atoms with Crippen molar-refractivity contribution in [3.8, 4) is 11.4 Å². The molecule has 250 valence electrons. The molecule has 0 aliphatic heterocycles. The van der Waals surface area contributed by atoms with Crippen LogP contribution in [0.25, 0.3) is 75.2 Å². The van der Waals surface area contributed by atoms with Crippen molar-refractivity contribution in [1.29, 1.82) is 0 Å². The minimum absolute atomic E-state index is 0.245. The largest absolute Gasteiger partial charge is 0.310 e. The normalized spacial score (nSPS) is 11.9. The van der Waals surface area contributed by atoms with Crippen molar-refractivity contribution in [1.82, 2.24) is 9.13 Å². The van der Waals surface area contributed by atoms with E-state index in [0.29, 0.717) is 0 Å². The Morgan fingerprint density at radius 2 is 0.962 bits per heavy atom. The van der Waals surface area contributed by atoms with Crippen LogP contribution in [0.2, 0.25) is 0 Å². The number of benzene rings is 8. The van der Waals surface area contributed by atoms with Gasteiger partial charge in [0.15, 0.2) is 0 Å². The summed E-state index contributed by atoms with van der Waals surface area (Å²) in [6, 6.07) is 63.6. The van der Waals surface area contributed by atoms with Gasteiger partial charge in [-0.1, -0.05) is 84.9 Å². The number of fused-ring (bicyclic) bond motifs is 9. The monoisotopic (exact) mass is 699 g/mol. The molecular formula is C48H30FN3S. The summed E-state index contributed by atoms with van der Waals surface area (Å²) < 4.78 is 21.2. The summed E-state index contributed by atoms with van der Waals surface area (Å²) in [5, 5.41) is 7.21. The van der Waals surface area contributed by atoms with E-state index in [2.05, 4.69) is 172 Å². The van der Waals surface area contributed by atoms with Gasteiger partial charge in [0.2, 0.25) is 0 Å². The van der Waals surface area contributed by atoms with Crippen molar-refractivity contribution < 1.29 is 4.39 Å². The number of para-hydroxylation sites is 3. The van der Waals surface area contributed by atoms with Gasteiger partial charge >= 0.3 is 0 Å². The van der Waals surface area contributed by atoms with Crippen LogP contribution in [0, 0.1) is 5.82 Å². The Morgan fingerprint density at radius 3 is 1.75 bits per heavy atom. The Morgan fingerprint density at radius 1 is 0.396 bits per heavy atom. The molecule has 5 heteroatoms. The standard InChI is InChI=1S/C48H30FN3S/c49-31-21-23-33(24-22-31)51-42-17-8-5-14-37(42)40-29-34(26-28-43(40)51)50(44-18-10-20-47-48(44)39-15-6-9-19-46(39)53-47)35-25-27-38-36-13-4-7-16-41(36)52(45(38)30-35)32-11-2-1-3-12-32/h1-30H. The molecule has 0 N–H and O–H groups in total. The second kappa shape index (κ2) is 11.7. The summed E-state index contributed by atoms with van der Waals surface area (Å²) in [7, 11) is 0. The molecule has 11 aromatic rings. The molecule has 0 saturated heterocycles. The number of halogens is 1. The number of rotatable bonds is 5. The van der Waals surface area contributed by atoms with Crippen molar-refractivity contribution in [3.63, 3.8) is 0 Å². The van der Waals surface area contributed by atoms with Crippen LogP contribution in [-0.2, 0) is 0 Å². The summed E-state index contributed by atoms with van der Waals surface area (Å²) in [6.07, 6.45) is 0. The first-order chi connectivity index (χ1) is 26.2. The van der Waals surface area contributed by atoms with E-state index in [1.165, 1.54) is 48.6 Å². The quantitative estimate of drug-likeness (QED) is 0.174. The predicted molar refractivity (Wildman–Crippen MR) is 223 cm³/mol. The second-order valence-corrected chi connectivity index (χ2v) is 14.6. The van der Waals surface area contributed by atoms with Crippen molar-refractivity contribution in [2.75, 3.05) is 4.90 Å². The van der Waals surface area contributed by atoms with Crippen LogP contribution in [0.3, 0.4) is 0 Å². The molecule has 8 aromatic carbocycles. The summed E-state index contributed by atoms with van der Waals surface area (Å²) in [6.45, 7) is 0. The van der Waals surface area contributed by atoms with E-state index in [1.54, 1.807) is 0 Å². The molecule has 11 rings (SSSR count). The van der Waals surface area contributed by atoms with Crippen LogP contribution in [0.1, 0.15) is 0 Å². The van der Waals surface area contributed by atoms with Crippen LogP contribution < -0.4 is 4.90 Å². The third kappa shape index (κ3) is 4.57. The molecule has 0 fully saturated rings. The fourth-order valence-electron chi connectivity index (χ4n) is 8.29. The maximum atomic E-state index is 14.1. The Kier molecular flexibility index (Phi) is 6.60. The average molecular weight is 700 g/mol. The van der Waals surface area contributed by atoms with Gasteiger partial charge in [0, 0.05) is 64.5 Å². The summed E-state index contributed by atoms with van der Waals surface area (Å²) >= 11 is 1.83. The van der Waals surface area contributed by atoms with Gasteiger partial charge in [-0.15, -0.1) is 11.3 Å². The van der Waals surface area contributed by atoms with Gasteiger partial charge < -0.3 is 14.0 Å². The van der Waals surface area contributed by atoms with Gasteiger partial charge in [0.1, 0.15) is 5.82 Å². The zero-order valence-electron chi connectivity index (χ0n) is 28.4. The maximum Gasteiger partial charge on any atom is 0.123 e. The molecule has 53 heavy (non-hydrogen) atoms. The van der Waals surface area contributed by atoms with Gasteiger partial charge in [-0.25, -0.2) is 4.39 Å². The highest BCUT2D eigenvalue weighted by Gasteiger charge is 2.22. The lowest BCUT2D eigenvalue weighted by Crippen LogP contribution is -2.10. The Hall–Kier alpha value is -6.69. The highest BCUT2D eigenvalue weighted by Crippen LogP contribution is 2.47. The van der Waals surface area contributed by atoms with Gasteiger partial charge in [-0.3, -0.25) is 0 Å². The molecule has 0 radical (unpaired) electrons. The first-order valence-electron chi connectivity index (χ1n) is 17.8. The Bertz CT molecular complexity index is 3190. The second-order valence-electron chi connectivity index (χ2n) is 13.5. The molecule has 0 saturated carbocycles. The van der Waals surface area contributed by atoms with E-state index in [9.17, 15) is 4.39 Å². The molecular weight excluding hydrogens is 670 g/mol. The smallest absolute Gasteiger partial charge is 0.123 e. The molecule has 0 atom stereocenters. The Balaban J connectivity index is 1.22. The van der Waals surface area contributed by atoms with Crippen molar-refractivity contribution in [3.05, 3.63) is 188 Å². The highest BCUT2D eigenvalue weighted by atomic mass is 32.1. The first-order valence-corrected chi connectivity index (χ1v) is 18.6. The van der Waals surface area contributed by atoms with Crippen molar-refractivity contribution in [2.24, 2.45) is 0 Å². The minimum Gasteiger partial charge on any atom is -0.310 e. The minimum atomic E-state index is -0.245. The molecule has 3 aromatic heterocycles. The summed E-state index contributed by atoms with van der Waals surface area (Å²) in [4.78, 5) is 2.43. The highest BCUT2D eigenvalue weighted by molar-refractivity contribution is 7.26. The van der Waals surface area contributed by atoms with Crippen LogP contribution in [0.15, 0.2) is 182 Å². The first kappa shape index (κ1) is 30.0. The molecule has 0 aliphatic rings. The lowest BCUT2D eigenvalue weighted by Gasteiger charge is -2.27. The fourth-order valence-corrected chi connectivity index (χ4v) is 9.42. The molecule has 0 amide bonds. The lowest BCUT2D eigenvalue weighted by molar-refractivity contribution is 0.627. The van der Waals surface area contributed by atoms with E-state index < -0.39 is 0 Å². The van der Waals surface area contributed by atoms with Gasteiger partial charge in [-0.2, -0.15) is 0 Å².